The summed E-state index contributed by atoms with van der Waals surface area (Å²) in [7, 11) is 1.52. The minimum atomic E-state index is -0.864. The summed E-state index contributed by atoms with van der Waals surface area (Å²) >= 11 is 0. The van der Waals surface area contributed by atoms with Crippen LogP contribution >= 0.6 is 0 Å². The molecule has 3 aromatic rings. The Hall–Kier alpha value is -3.22. The number of furan rings is 1. The fraction of sp³-hybridized carbons (Fsp3) is 0.300. The summed E-state index contributed by atoms with van der Waals surface area (Å²) in [6.07, 6.45) is 2.05. The zero-order valence-corrected chi connectivity index (χ0v) is 15.4. The van der Waals surface area contributed by atoms with Crippen LogP contribution in [0.25, 0.3) is 11.7 Å². The molecule has 7 heteroatoms. The van der Waals surface area contributed by atoms with Crippen LogP contribution in [0.15, 0.2) is 45.4 Å². The normalized spacial score (nSPS) is 12.0. The van der Waals surface area contributed by atoms with E-state index in [0.717, 1.165) is 0 Å². The number of aryl methyl sites for hydroxylation is 1. The lowest BCUT2D eigenvalue weighted by Gasteiger charge is -2.15. The number of aliphatic carboxylic acids is 1. The van der Waals surface area contributed by atoms with E-state index in [2.05, 4.69) is 4.98 Å². The highest BCUT2D eigenvalue weighted by Gasteiger charge is 2.20. The highest BCUT2D eigenvalue weighted by atomic mass is 16.5. The van der Waals surface area contributed by atoms with Crippen molar-refractivity contribution in [2.24, 2.45) is 0 Å². The molecule has 1 unspecified atom stereocenters. The van der Waals surface area contributed by atoms with Crippen molar-refractivity contribution in [3.8, 4) is 23.1 Å². The second kappa shape index (κ2) is 7.99. The Morgan fingerprint density at radius 2 is 2.11 bits per heavy atom. The van der Waals surface area contributed by atoms with Gasteiger partial charge >= 0.3 is 5.97 Å². The predicted molar refractivity (Wildman–Crippen MR) is 96.9 cm³/mol. The van der Waals surface area contributed by atoms with Crippen LogP contribution in [0.5, 0.6) is 11.5 Å². The molecule has 1 N–H and O–H groups in total. The van der Waals surface area contributed by atoms with E-state index < -0.39 is 11.9 Å². The third-order valence-electron chi connectivity index (χ3n) is 4.29. The van der Waals surface area contributed by atoms with Gasteiger partial charge in [0.1, 0.15) is 18.1 Å². The summed E-state index contributed by atoms with van der Waals surface area (Å²) < 4.78 is 22.1. The molecule has 2 heterocycles. The summed E-state index contributed by atoms with van der Waals surface area (Å²) in [5.74, 6) is 1.10. The van der Waals surface area contributed by atoms with E-state index in [4.69, 9.17) is 18.3 Å². The van der Waals surface area contributed by atoms with Crippen LogP contribution in [-0.4, -0.2) is 23.2 Å². The van der Waals surface area contributed by atoms with Crippen LogP contribution in [0, 0.1) is 6.92 Å². The molecule has 1 aromatic carbocycles. The van der Waals surface area contributed by atoms with Crippen molar-refractivity contribution in [2.45, 2.75) is 32.8 Å². The quantitative estimate of drug-likeness (QED) is 0.626. The summed E-state index contributed by atoms with van der Waals surface area (Å²) in [6, 6.07) is 8.68. The van der Waals surface area contributed by atoms with Gasteiger partial charge in [-0.3, -0.25) is 4.79 Å². The van der Waals surface area contributed by atoms with Gasteiger partial charge in [0.05, 0.1) is 19.3 Å². The minimum Gasteiger partial charge on any atom is -0.493 e. The Morgan fingerprint density at radius 3 is 2.74 bits per heavy atom. The molecule has 1 atom stereocenters. The molecule has 0 radical (unpaired) electrons. The van der Waals surface area contributed by atoms with E-state index in [-0.39, 0.29) is 6.61 Å². The summed E-state index contributed by atoms with van der Waals surface area (Å²) in [5.41, 5.74) is 1.32. The first-order valence-corrected chi connectivity index (χ1v) is 8.57. The molecule has 0 aliphatic heterocycles. The van der Waals surface area contributed by atoms with Crippen molar-refractivity contribution in [3.63, 3.8) is 0 Å². The molecule has 2 aromatic heterocycles. The second-order valence-electron chi connectivity index (χ2n) is 6.00. The van der Waals surface area contributed by atoms with E-state index >= 15 is 0 Å². The van der Waals surface area contributed by atoms with E-state index in [1.165, 1.54) is 7.11 Å². The van der Waals surface area contributed by atoms with Crippen LogP contribution < -0.4 is 9.47 Å². The molecule has 0 amide bonds. The number of benzene rings is 1. The zero-order valence-electron chi connectivity index (χ0n) is 15.4. The molecule has 0 aliphatic carbocycles. The van der Waals surface area contributed by atoms with Gasteiger partial charge in [-0.15, -0.1) is 0 Å². The predicted octanol–water partition coefficient (Wildman–Crippen LogP) is 4.41. The maximum Gasteiger partial charge on any atom is 0.310 e. The van der Waals surface area contributed by atoms with Gasteiger partial charge in [-0.2, -0.15) is 0 Å². The number of carboxylic acids is 1. The SMILES string of the molecule is CCC(C(=O)O)c1ccc(OCc2nc(-c3ccco3)oc2C)c(OC)c1. The van der Waals surface area contributed by atoms with E-state index in [1.54, 1.807) is 43.5 Å². The highest BCUT2D eigenvalue weighted by Crippen LogP contribution is 2.33. The topological polar surface area (TPSA) is 94.9 Å². The number of carbonyl (C=O) groups is 1. The first-order chi connectivity index (χ1) is 13.0. The van der Waals surface area contributed by atoms with Gasteiger partial charge in [-0.05, 0) is 43.2 Å². The van der Waals surface area contributed by atoms with Crippen molar-refractivity contribution in [3.05, 3.63) is 53.6 Å². The third kappa shape index (κ3) is 3.97. The molecule has 0 saturated heterocycles. The summed E-state index contributed by atoms with van der Waals surface area (Å²) in [5, 5.41) is 9.32. The number of hydrogen-bond acceptors (Lipinski definition) is 6. The van der Waals surface area contributed by atoms with Gasteiger partial charge in [0, 0.05) is 0 Å². The van der Waals surface area contributed by atoms with E-state index in [1.807, 2.05) is 6.92 Å². The molecule has 27 heavy (non-hydrogen) atoms. The standard InChI is InChI=1S/C20H21NO6/c1-4-14(20(22)23)13-7-8-16(18(10-13)24-3)26-11-15-12(2)27-19(21-15)17-6-5-9-25-17/h5-10,14H,4,11H2,1-3H3,(H,22,23). The van der Waals surface area contributed by atoms with Gasteiger partial charge in [-0.1, -0.05) is 13.0 Å². The Labute approximate surface area is 156 Å². The van der Waals surface area contributed by atoms with Crippen molar-refractivity contribution in [2.75, 3.05) is 7.11 Å². The molecule has 0 fully saturated rings. The van der Waals surface area contributed by atoms with Gasteiger partial charge in [-0.25, -0.2) is 4.98 Å². The van der Waals surface area contributed by atoms with Gasteiger partial charge in [0.15, 0.2) is 17.3 Å². The van der Waals surface area contributed by atoms with Crippen LogP contribution in [0.3, 0.4) is 0 Å². The lowest BCUT2D eigenvalue weighted by Crippen LogP contribution is -2.10. The first-order valence-electron chi connectivity index (χ1n) is 8.57. The lowest BCUT2D eigenvalue weighted by atomic mass is 9.96. The number of oxazole rings is 1. The molecule has 142 valence electrons. The number of methoxy groups -OCH3 is 1. The Morgan fingerprint density at radius 1 is 1.30 bits per heavy atom. The Balaban J connectivity index is 1.77. The summed E-state index contributed by atoms with van der Waals surface area (Å²) in [4.78, 5) is 15.8. The zero-order chi connectivity index (χ0) is 19.4. The van der Waals surface area contributed by atoms with Gasteiger partial charge in [0.25, 0.3) is 5.89 Å². The first kappa shape index (κ1) is 18.6. The number of rotatable bonds is 8. The fourth-order valence-electron chi connectivity index (χ4n) is 2.79. The Bertz CT molecular complexity index is 913. The molecule has 7 nitrogen and oxygen atoms in total. The van der Waals surface area contributed by atoms with Crippen molar-refractivity contribution in [1.29, 1.82) is 0 Å². The van der Waals surface area contributed by atoms with Crippen LogP contribution in [-0.2, 0) is 11.4 Å². The monoisotopic (exact) mass is 371 g/mol. The smallest absolute Gasteiger partial charge is 0.310 e. The van der Waals surface area contributed by atoms with Gasteiger partial charge < -0.3 is 23.4 Å². The van der Waals surface area contributed by atoms with Gasteiger partial charge in [0.2, 0.25) is 0 Å². The average molecular weight is 371 g/mol. The third-order valence-corrected chi connectivity index (χ3v) is 4.29. The summed E-state index contributed by atoms with van der Waals surface area (Å²) in [6.45, 7) is 3.82. The number of hydrogen-bond donors (Lipinski definition) is 1. The van der Waals surface area contributed by atoms with Crippen molar-refractivity contribution in [1.82, 2.24) is 4.98 Å². The maximum atomic E-state index is 11.4. The number of aromatic nitrogens is 1. The molecular formula is C20H21NO6. The molecule has 3 rings (SSSR count). The largest absolute Gasteiger partial charge is 0.493 e. The lowest BCUT2D eigenvalue weighted by molar-refractivity contribution is -0.138. The minimum absolute atomic E-state index is 0.182. The van der Waals surface area contributed by atoms with Crippen LogP contribution in [0.1, 0.15) is 36.3 Å². The van der Waals surface area contributed by atoms with Crippen molar-refractivity contribution >= 4 is 5.97 Å². The molecule has 0 spiro atoms. The highest BCUT2D eigenvalue weighted by molar-refractivity contribution is 5.76. The van der Waals surface area contributed by atoms with E-state index in [0.29, 0.717) is 46.6 Å². The van der Waals surface area contributed by atoms with Crippen LogP contribution in [0.2, 0.25) is 0 Å². The number of ether oxygens (including phenoxy) is 2. The number of nitrogens with zero attached hydrogens (tertiary/aromatic N) is 1. The molecule has 0 bridgehead atoms. The molecular weight excluding hydrogens is 350 g/mol. The molecule has 0 saturated carbocycles. The second-order valence-corrected chi connectivity index (χ2v) is 6.00. The number of carboxylic acid groups (broad SMARTS) is 1. The average Bonchev–Trinajstić information content (AvgIpc) is 3.30. The Kier molecular flexibility index (Phi) is 5.49. The fourth-order valence-corrected chi connectivity index (χ4v) is 2.79. The van der Waals surface area contributed by atoms with Crippen molar-refractivity contribution < 1.29 is 28.2 Å². The van der Waals surface area contributed by atoms with Crippen LogP contribution in [0.4, 0.5) is 0 Å². The van der Waals surface area contributed by atoms with E-state index in [9.17, 15) is 9.90 Å². The molecule has 0 aliphatic rings. The maximum absolute atomic E-state index is 11.4.